The van der Waals surface area contributed by atoms with Gasteiger partial charge in [-0.1, -0.05) is 38.7 Å². The Hall–Kier alpha value is -1.78. The molecule has 2 aliphatic rings. The van der Waals surface area contributed by atoms with Gasteiger partial charge < -0.3 is 4.74 Å². The quantitative estimate of drug-likeness (QED) is 0.412. The molecule has 0 radical (unpaired) electrons. The highest BCUT2D eigenvalue weighted by Gasteiger charge is 2.31. The Morgan fingerprint density at radius 2 is 1.48 bits per heavy atom. The lowest BCUT2D eigenvalue weighted by atomic mass is 9.68. The summed E-state index contributed by atoms with van der Waals surface area (Å²) in [6, 6.07) is 5.43. The van der Waals surface area contributed by atoms with Crippen LogP contribution in [0.1, 0.15) is 82.6 Å². The van der Waals surface area contributed by atoms with Crippen LogP contribution in [0.5, 0.6) is 5.75 Å². The Morgan fingerprint density at radius 3 is 2.10 bits per heavy atom. The van der Waals surface area contributed by atoms with Crippen molar-refractivity contribution in [3.05, 3.63) is 41.5 Å². The van der Waals surface area contributed by atoms with Gasteiger partial charge in [-0.3, -0.25) is 0 Å². The van der Waals surface area contributed by atoms with Gasteiger partial charge in [0.25, 0.3) is 0 Å². The van der Waals surface area contributed by atoms with Crippen molar-refractivity contribution in [2.24, 2.45) is 17.8 Å². The zero-order valence-electron chi connectivity index (χ0n) is 18.2. The molecule has 4 rings (SSSR count). The smallest absolute Gasteiger partial charge is 0.387 e. The minimum atomic E-state index is -3.15. The number of halogens is 4. The summed E-state index contributed by atoms with van der Waals surface area (Å²) in [6.45, 7) is -0.876. The van der Waals surface area contributed by atoms with Gasteiger partial charge >= 0.3 is 6.61 Å². The summed E-state index contributed by atoms with van der Waals surface area (Å²) in [7, 11) is 0. The number of benzene rings is 2. The molecule has 2 fully saturated rings. The fourth-order valence-corrected chi connectivity index (χ4v) is 6.04. The summed E-state index contributed by atoms with van der Waals surface area (Å²) in [5.74, 6) is 0.773. The number of ether oxygens (including phenoxy) is 1. The molecule has 0 aromatic heterocycles. The van der Waals surface area contributed by atoms with E-state index in [1.807, 2.05) is 6.07 Å². The Kier molecular flexibility index (Phi) is 7.08. The molecule has 2 saturated carbocycles. The van der Waals surface area contributed by atoms with Crippen LogP contribution < -0.4 is 4.74 Å². The third kappa shape index (κ3) is 5.18. The van der Waals surface area contributed by atoms with E-state index in [0.29, 0.717) is 5.39 Å². The van der Waals surface area contributed by atoms with E-state index >= 15 is 0 Å². The molecule has 0 bridgehead atoms. The molecule has 0 unspecified atom stereocenters. The largest absolute Gasteiger partial charge is 0.432 e. The number of hydrogen-bond acceptors (Lipinski definition) is 1. The molecule has 0 saturated heterocycles. The topological polar surface area (TPSA) is 9.23 Å². The number of fused-ring (bicyclic) bond motifs is 1. The summed E-state index contributed by atoms with van der Waals surface area (Å²) in [5.41, 5.74) is 0.886. The van der Waals surface area contributed by atoms with Crippen molar-refractivity contribution in [1.29, 1.82) is 0 Å². The van der Waals surface area contributed by atoms with Crippen molar-refractivity contribution in [2.75, 3.05) is 0 Å². The van der Waals surface area contributed by atoms with Crippen molar-refractivity contribution in [3.8, 4) is 5.75 Å². The first kappa shape index (κ1) is 22.4. The second-order valence-corrected chi connectivity index (χ2v) is 9.57. The minimum Gasteiger partial charge on any atom is -0.432 e. The van der Waals surface area contributed by atoms with Crippen molar-refractivity contribution < 1.29 is 22.3 Å². The zero-order chi connectivity index (χ0) is 22.0. The molecule has 2 aliphatic carbocycles. The minimum absolute atomic E-state index is 0.110. The Bertz CT molecular complexity index is 881. The van der Waals surface area contributed by atoms with Crippen LogP contribution in [-0.2, 0) is 0 Å². The van der Waals surface area contributed by atoms with Crippen molar-refractivity contribution in [3.63, 3.8) is 0 Å². The van der Waals surface area contributed by atoms with Crippen LogP contribution in [0, 0.1) is 29.4 Å². The van der Waals surface area contributed by atoms with Gasteiger partial charge in [-0.2, -0.15) is 8.78 Å². The zero-order valence-corrected chi connectivity index (χ0v) is 18.2. The number of rotatable bonds is 6. The molecule has 170 valence electrons. The maximum Gasteiger partial charge on any atom is 0.387 e. The van der Waals surface area contributed by atoms with Crippen LogP contribution in [0.4, 0.5) is 17.6 Å². The normalized spacial score (nSPS) is 27.0. The van der Waals surface area contributed by atoms with Crippen molar-refractivity contribution >= 4 is 10.8 Å². The standard InChI is InChI=1S/C26H32F4O/c1-2-3-16-4-6-17(7-5-16)18-8-10-19(11-9-18)20-12-21-14-24(28)25(31-26(29)30)15-22(21)23(27)13-20/h12-19,26H,2-11H2,1H3. The fourth-order valence-electron chi connectivity index (χ4n) is 6.04. The van der Waals surface area contributed by atoms with Crippen LogP contribution >= 0.6 is 0 Å². The van der Waals surface area contributed by atoms with E-state index in [2.05, 4.69) is 11.7 Å². The van der Waals surface area contributed by atoms with E-state index in [1.54, 1.807) is 0 Å². The lowest BCUT2D eigenvalue weighted by Crippen LogP contribution is -2.25. The highest BCUT2D eigenvalue weighted by atomic mass is 19.3. The van der Waals surface area contributed by atoms with Gasteiger partial charge in [-0.15, -0.1) is 0 Å². The van der Waals surface area contributed by atoms with Gasteiger partial charge in [0, 0.05) is 5.39 Å². The van der Waals surface area contributed by atoms with E-state index in [9.17, 15) is 17.6 Å². The molecule has 2 aromatic rings. The monoisotopic (exact) mass is 436 g/mol. The maximum atomic E-state index is 14.8. The molecule has 1 nitrogen and oxygen atoms in total. The van der Waals surface area contributed by atoms with Gasteiger partial charge in [0.05, 0.1) is 0 Å². The van der Waals surface area contributed by atoms with E-state index in [-0.39, 0.29) is 11.3 Å². The molecule has 0 amide bonds. The summed E-state index contributed by atoms with van der Waals surface area (Å²) < 4.78 is 57.9. The Morgan fingerprint density at radius 1 is 0.839 bits per heavy atom. The van der Waals surface area contributed by atoms with Crippen LogP contribution in [0.2, 0.25) is 0 Å². The predicted octanol–water partition coefficient (Wildman–Crippen LogP) is 8.60. The SMILES string of the molecule is CCCC1CCC(C2CCC(c3cc(F)c4cc(OC(F)F)c(F)cc4c3)CC2)CC1. The molecule has 0 aliphatic heterocycles. The molecule has 5 heteroatoms. The molecule has 0 heterocycles. The lowest BCUT2D eigenvalue weighted by Gasteiger charge is -2.38. The van der Waals surface area contributed by atoms with Crippen molar-refractivity contribution in [1.82, 2.24) is 0 Å². The summed E-state index contributed by atoms with van der Waals surface area (Å²) in [4.78, 5) is 0. The first-order valence-corrected chi connectivity index (χ1v) is 11.8. The van der Waals surface area contributed by atoms with E-state index < -0.39 is 24.0 Å². The second kappa shape index (κ2) is 9.79. The number of hydrogen-bond donors (Lipinski definition) is 0. The average molecular weight is 437 g/mol. The van der Waals surface area contributed by atoms with Crippen LogP contribution in [0.15, 0.2) is 24.3 Å². The maximum absolute atomic E-state index is 14.8. The van der Waals surface area contributed by atoms with Crippen LogP contribution in [-0.4, -0.2) is 6.61 Å². The lowest BCUT2D eigenvalue weighted by molar-refractivity contribution is -0.0520. The second-order valence-electron chi connectivity index (χ2n) is 9.57. The third-order valence-electron chi connectivity index (χ3n) is 7.69. The average Bonchev–Trinajstić information content (AvgIpc) is 2.75. The van der Waals surface area contributed by atoms with E-state index in [1.165, 1.54) is 57.4 Å². The van der Waals surface area contributed by atoms with E-state index in [0.717, 1.165) is 48.3 Å². The molecule has 0 N–H and O–H groups in total. The number of alkyl halides is 2. The van der Waals surface area contributed by atoms with Crippen LogP contribution in [0.25, 0.3) is 10.8 Å². The molecular formula is C26H32F4O. The predicted molar refractivity (Wildman–Crippen MR) is 116 cm³/mol. The van der Waals surface area contributed by atoms with Gasteiger partial charge in [0.15, 0.2) is 11.6 Å². The van der Waals surface area contributed by atoms with Gasteiger partial charge in [0.1, 0.15) is 5.82 Å². The van der Waals surface area contributed by atoms with Crippen LogP contribution in [0.3, 0.4) is 0 Å². The van der Waals surface area contributed by atoms with Gasteiger partial charge in [-0.05, 0) is 91.3 Å². The highest BCUT2D eigenvalue weighted by Crippen LogP contribution is 2.45. The molecule has 0 spiro atoms. The van der Waals surface area contributed by atoms with Crippen molar-refractivity contribution in [2.45, 2.75) is 83.7 Å². The highest BCUT2D eigenvalue weighted by molar-refractivity contribution is 5.85. The van der Waals surface area contributed by atoms with E-state index in [4.69, 9.17) is 0 Å². The molecule has 31 heavy (non-hydrogen) atoms. The summed E-state index contributed by atoms with van der Waals surface area (Å²) in [6.07, 6.45) is 12.5. The summed E-state index contributed by atoms with van der Waals surface area (Å²) >= 11 is 0. The molecule has 2 aromatic carbocycles. The molecular weight excluding hydrogens is 404 g/mol. The fraction of sp³-hybridized carbons (Fsp3) is 0.615. The van der Waals surface area contributed by atoms with Gasteiger partial charge in [0.2, 0.25) is 0 Å². The Labute approximate surface area is 182 Å². The third-order valence-corrected chi connectivity index (χ3v) is 7.69. The summed E-state index contributed by atoms with van der Waals surface area (Å²) in [5, 5.41) is 0.504. The Balaban J connectivity index is 1.42. The van der Waals surface area contributed by atoms with Gasteiger partial charge in [-0.25, -0.2) is 8.78 Å². The molecule has 0 atom stereocenters. The first-order chi connectivity index (χ1) is 14.9. The first-order valence-electron chi connectivity index (χ1n) is 11.8.